The molecule has 0 aromatic heterocycles. The predicted molar refractivity (Wildman–Crippen MR) is 57.8 cm³/mol. The Bertz CT molecular complexity index is 332. The van der Waals surface area contributed by atoms with E-state index in [1.54, 1.807) is 12.1 Å². The van der Waals surface area contributed by atoms with Crippen molar-refractivity contribution in [3.63, 3.8) is 0 Å². The van der Waals surface area contributed by atoms with E-state index in [1.165, 1.54) is 6.07 Å². The molecule has 2 atom stereocenters. The Hall–Kier alpha value is -0.810. The van der Waals surface area contributed by atoms with E-state index in [2.05, 4.69) is 0 Å². The monoisotopic (exact) mass is 231 g/mol. The minimum atomic E-state index is -1.13. The van der Waals surface area contributed by atoms with Crippen molar-refractivity contribution in [1.82, 2.24) is 0 Å². The first-order valence-electron chi connectivity index (χ1n) is 4.61. The van der Waals surface area contributed by atoms with Gasteiger partial charge in [-0.2, -0.15) is 0 Å². The second kappa shape index (κ2) is 5.32. The Morgan fingerprint density at radius 1 is 1.33 bits per heavy atom. The Morgan fingerprint density at radius 2 is 2.00 bits per heavy atom. The molecule has 5 N–H and O–H groups in total. The second-order valence-corrected chi connectivity index (χ2v) is 3.65. The standard InChI is InChI=1S/C10H14ClNO3/c11-9-6(2-1-3-7(9)13)10(15)8(14)4-5-12/h1-3,8,10,13-15H,4-5,12H2. The number of hydrogen-bond acceptors (Lipinski definition) is 4. The van der Waals surface area contributed by atoms with Crippen LogP contribution < -0.4 is 5.73 Å². The molecule has 84 valence electrons. The van der Waals surface area contributed by atoms with Gasteiger partial charge in [0, 0.05) is 5.56 Å². The summed E-state index contributed by atoms with van der Waals surface area (Å²) in [7, 11) is 0. The van der Waals surface area contributed by atoms with Crippen LogP contribution in [0.2, 0.25) is 5.02 Å². The molecule has 0 amide bonds. The SMILES string of the molecule is NCCC(O)C(O)c1cccc(O)c1Cl. The smallest absolute Gasteiger partial charge is 0.134 e. The van der Waals surface area contributed by atoms with Crippen molar-refractivity contribution in [1.29, 1.82) is 0 Å². The van der Waals surface area contributed by atoms with E-state index in [4.69, 9.17) is 17.3 Å². The zero-order chi connectivity index (χ0) is 11.4. The van der Waals surface area contributed by atoms with Crippen LogP contribution in [0.5, 0.6) is 5.75 Å². The summed E-state index contributed by atoms with van der Waals surface area (Å²) >= 11 is 5.78. The second-order valence-electron chi connectivity index (χ2n) is 3.27. The molecule has 2 unspecified atom stereocenters. The van der Waals surface area contributed by atoms with Crippen LogP contribution in [0.25, 0.3) is 0 Å². The number of rotatable bonds is 4. The first-order chi connectivity index (χ1) is 7.07. The molecule has 0 saturated heterocycles. The molecule has 15 heavy (non-hydrogen) atoms. The molecule has 4 nitrogen and oxygen atoms in total. The molecule has 1 aromatic carbocycles. The third-order valence-electron chi connectivity index (χ3n) is 2.15. The summed E-state index contributed by atoms with van der Waals surface area (Å²) in [5.74, 6) is -0.117. The van der Waals surface area contributed by atoms with Crippen molar-refractivity contribution in [2.45, 2.75) is 18.6 Å². The number of hydrogen-bond donors (Lipinski definition) is 4. The molecule has 1 rings (SSSR count). The Balaban J connectivity index is 2.90. The Morgan fingerprint density at radius 3 is 2.60 bits per heavy atom. The maximum Gasteiger partial charge on any atom is 0.134 e. The molecule has 0 aliphatic heterocycles. The van der Waals surface area contributed by atoms with E-state index in [9.17, 15) is 15.3 Å². The number of phenolic OH excluding ortho intramolecular Hbond substituents is 1. The lowest BCUT2D eigenvalue weighted by molar-refractivity contribution is 0.0150. The topological polar surface area (TPSA) is 86.7 Å². The van der Waals surface area contributed by atoms with Gasteiger partial charge in [0.2, 0.25) is 0 Å². The minimum absolute atomic E-state index is 0.0565. The third-order valence-corrected chi connectivity index (χ3v) is 2.57. The minimum Gasteiger partial charge on any atom is -0.506 e. The molecule has 0 spiro atoms. The van der Waals surface area contributed by atoms with E-state index in [0.717, 1.165) is 0 Å². The van der Waals surface area contributed by atoms with Crippen LogP contribution in [0.15, 0.2) is 18.2 Å². The Kier molecular flexibility index (Phi) is 4.35. The highest BCUT2D eigenvalue weighted by atomic mass is 35.5. The van der Waals surface area contributed by atoms with Crippen LogP contribution >= 0.6 is 11.6 Å². The lowest BCUT2D eigenvalue weighted by Crippen LogP contribution is -2.22. The highest BCUT2D eigenvalue weighted by Crippen LogP contribution is 2.32. The van der Waals surface area contributed by atoms with Crippen molar-refractivity contribution in [2.24, 2.45) is 5.73 Å². The number of halogens is 1. The van der Waals surface area contributed by atoms with Crippen LogP contribution in [-0.2, 0) is 0 Å². The molecule has 1 aromatic rings. The summed E-state index contributed by atoms with van der Waals surface area (Å²) < 4.78 is 0. The van der Waals surface area contributed by atoms with Crippen molar-refractivity contribution in [3.05, 3.63) is 28.8 Å². The molecule has 0 heterocycles. The van der Waals surface area contributed by atoms with Gasteiger partial charge in [0.1, 0.15) is 11.9 Å². The zero-order valence-corrected chi connectivity index (χ0v) is 8.85. The number of benzene rings is 1. The average Bonchev–Trinajstić information content (AvgIpc) is 2.21. The summed E-state index contributed by atoms with van der Waals surface area (Å²) in [5.41, 5.74) is 5.56. The molecule has 0 fully saturated rings. The zero-order valence-electron chi connectivity index (χ0n) is 8.10. The van der Waals surface area contributed by atoms with E-state index >= 15 is 0 Å². The van der Waals surface area contributed by atoms with Crippen molar-refractivity contribution in [2.75, 3.05) is 6.54 Å². The van der Waals surface area contributed by atoms with Gasteiger partial charge in [-0.1, -0.05) is 23.7 Å². The maximum absolute atomic E-state index is 9.72. The van der Waals surface area contributed by atoms with Crippen LogP contribution in [0.4, 0.5) is 0 Å². The fourth-order valence-corrected chi connectivity index (χ4v) is 1.54. The molecular formula is C10H14ClNO3. The number of aliphatic hydroxyl groups excluding tert-OH is 2. The van der Waals surface area contributed by atoms with Gasteiger partial charge in [-0.15, -0.1) is 0 Å². The number of nitrogens with two attached hydrogens (primary N) is 1. The van der Waals surface area contributed by atoms with Crippen molar-refractivity contribution in [3.8, 4) is 5.75 Å². The van der Waals surface area contributed by atoms with E-state index in [0.29, 0.717) is 5.56 Å². The van der Waals surface area contributed by atoms with Gasteiger partial charge in [-0.3, -0.25) is 0 Å². The van der Waals surface area contributed by atoms with Crippen molar-refractivity contribution < 1.29 is 15.3 Å². The van der Waals surface area contributed by atoms with Crippen LogP contribution in [0, 0.1) is 0 Å². The van der Waals surface area contributed by atoms with Gasteiger partial charge < -0.3 is 21.1 Å². The summed E-state index contributed by atoms with van der Waals surface area (Å²) in [6, 6.07) is 4.51. The highest BCUT2D eigenvalue weighted by Gasteiger charge is 2.21. The van der Waals surface area contributed by atoms with Gasteiger partial charge in [-0.05, 0) is 19.0 Å². The summed E-state index contributed by atoms with van der Waals surface area (Å²) in [6.07, 6.45) is -1.84. The lowest BCUT2D eigenvalue weighted by atomic mass is 10.0. The van der Waals surface area contributed by atoms with Crippen LogP contribution in [0.1, 0.15) is 18.1 Å². The van der Waals surface area contributed by atoms with E-state index in [-0.39, 0.29) is 23.7 Å². The lowest BCUT2D eigenvalue weighted by Gasteiger charge is -2.18. The van der Waals surface area contributed by atoms with Gasteiger partial charge in [0.05, 0.1) is 11.1 Å². The van der Waals surface area contributed by atoms with E-state index < -0.39 is 12.2 Å². The van der Waals surface area contributed by atoms with Crippen LogP contribution in [-0.4, -0.2) is 28.0 Å². The summed E-state index contributed by atoms with van der Waals surface area (Å²) in [4.78, 5) is 0. The van der Waals surface area contributed by atoms with Gasteiger partial charge in [-0.25, -0.2) is 0 Å². The Labute approximate surface area is 92.9 Å². The fraction of sp³-hybridized carbons (Fsp3) is 0.400. The van der Waals surface area contributed by atoms with E-state index in [1.807, 2.05) is 0 Å². The molecule has 0 aliphatic carbocycles. The van der Waals surface area contributed by atoms with Gasteiger partial charge in [0.15, 0.2) is 0 Å². The first-order valence-corrected chi connectivity index (χ1v) is 4.99. The number of aliphatic hydroxyl groups is 2. The molecule has 0 radical (unpaired) electrons. The summed E-state index contributed by atoms with van der Waals surface area (Å²) in [6.45, 7) is 0.272. The predicted octanol–water partition coefficient (Wildman–Crippen LogP) is 0.789. The maximum atomic E-state index is 9.72. The molecule has 0 saturated carbocycles. The highest BCUT2D eigenvalue weighted by molar-refractivity contribution is 6.32. The largest absolute Gasteiger partial charge is 0.506 e. The molecular weight excluding hydrogens is 218 g/mol. The number of aromatic hydroxyl groups is 1. The molecule has 5 heteroatoms. The normalized spacial score (nSPS) is 14.9. The third kappa shape index (κ3) is 2.82. The van der Waals surface area contributed by atoms with Crippen molar-refractivity contribution >= 4 is 11.6 Å². The molecule has 0 aliphatic rings. The number of phenols is 1. The fourth-order valence-electron chi connectivity index (χ4n) is 1.30. The molecule has 0 bridgehead atoms. The van der Waals surface area contributed by atoms with Gasteiger partial charge in [0.25, 0.3) is 0 Å². The average molecular weight is 232 g/mol. The quantitative estimate of drug-likeness (QED) is 0.617. The summed E-state index contributed by atoms with van der Waals surface area (Å²) in [5, 5.41) is 28.6. The van der Waals surface area contributed by atoms with Gasteiger partial charge >= 0.3 is 0 Å². The first kappa shape index (κ1) is 12.3. The van der Waals surface area contributed by atoms with Crippen LogP contribution in [0.3, 0.4) is 0 Å².